The number of aromatic nitrogens is 4. The molecular weight excluding hydrogens is 426 g/mol. The van der Waals surface area contributed by atoms with Gasteiger partial charge < -0.3 is 4.74 Å². The van der Waals surface area contributed by atoms with E-state index in [1.165, 1.54) is 17.1 Å². The van der Waals surface area contributed by atoms with Crippen molar-refractivity contribution < 1.29 is 13.2 Å². The van der Waals surface area contributed by atoms with E-state index in [4.69, 9.17) is 4.74 Å². The molecule has 2 heterocycles. The fourth-order valence-corrected chi connectivity index (χ4v) is 4.15. The molecule has 0 saturated carbocycles. The molecule has 0 amide bonds. The van der Waals surface area contributed by atoms with Crippen molar-refractivity contribution in [1.29, 1.82) is 0 Å². The van der Waals surface area contributed by atoms with Gasteiger partial charge in [0, 0.05) is 24.9 Å². The molecule has 2 aromatic heterocycles. The number of rotatable bonds is 7. The van der Waals surface area contributed by atoms with Crippen LogP contribution in [0.25, 0.3) is 11.3 Å². The highest BCUT2D eigenvalue weighted by Gasteiger charge is 2.20. The highest BCUT2D eigenvalue weighted by Crippen LogP contribution is 2.31. The van der Waals surface area contributed by atoms with Gasteiger partial charge in [-0.05, 0) is 23.6 Å². The highest BCUT2D eigenvalue weighted by atomic mass is 32.2. The lowest BCUT2D eigenvalue weighted by molar-refractivity contribution is 0.463. The number of sulfonamides is 1. The summed E-state index contributed by atoms with van der Waals surface area (Å²) in [6.45, 7) is 4.18. The molecule has 8 nitrogen and oxygen atoms in total. The number of aryl methyl sites for hydroxylation is 1. The quantitative estimate of drug-likeness (QED) is 0.443. The van der Waals surface area contributed by atoms with Gasteiger partial charge in [-0.3, -0.25) is 4.68 Å². The van der Waals surface area contributed by atoms with Crippen LogP contribution in [0.5, 0.6) is 11.6 Å². The van der Waals surface area contributed by atoms with E-state index in [2.05, 4.69) is 33.6 Å². The molecule has 4 rings (SSSR count). The average molecular weight is 450 g/mol. The third-order valence-corrected chi connectivity index (χ3v) is 6.03. The largest absolute Gasteiger partial charge is 0.439 e. The highest BCUT2D eigenvalue weighted by molar-refractivity contribution is 7.92. The minimum absolute atomic E-state index is 0.0158. The molecule has 4 aromatic rings. The first kappa shape index (κ1) is 21.5. The molecule has 0 radical (unpaired) electrons. The zero-order valence-electron chi connectivity index (χ0n) is 17.9. The van der Waals surface area contributed by atoms with Crippen molar-refractivity contribution in [2.75, 3.05) is 4.72 Å². The van der Waals surface area contributed by atoms with Gasteiger partial charge in [-0.15, -0.1) is 0 Å². The van der Waals surface area contributed by atoms with Crippen LogP contribution in [0.3, 0.4) is 0 Å². The summed E-state index contributed by atoms with van der Waals surface area (Å²) in [7, 11) is -2.28. The number of ether oxygens (including phenoxy) is 1. The van der Waals surface area contributed by atoms with Gasteiger partial charge in [-0.1, -0.05) is 56.3 Å². The summed E-state index contributed by atoms with van der Waals surface area (Å²) in [5.74, 6) is 0.963. The molecular formula is C23H23N5O3S. The van der Waals surface area contributed by atoms with Gasteiger partial charge >= 0.3 is 0 Å². The molecule has 0 aliphatic rings. The van der Waals surface area contributed by atoms with Gasteiger partial charge in [0.1, 0.15) is 10.6 Å². The van der Waals surface area contributed by atoms with E-state index in [-0.39, 0.29) is 22.6 Å². The molecule has 0 bridgehead atoms. The predicted molar refractivity (Wildman–Crippen MR) is 122 cm³/mol. The van der Waals surface area contributed by atoms with Crippen LogP contribution in [-0.4, -0.2) is 28.2 Å². The number of hydrogen-bond acceptors (Lipinski definition) is 6. The number of para-hydroxylation sites is 1. The van der Waals surface area contributed by atoms with E-state index < -0.39 is 10.0 Å². The lowest BCUT2D eigenvalue weighted by atomic mass is 9.95. The van der Waals surface area contributed by atoms with Crippen LogP contribution in [-0.2, 0) is 17.1 Å². The maximum Gasteiger partial charge on any atom is 0.267 e. The fraction of sp³-hybridized carbons (Fsp3) is 0.174. The third kappa shape index (κ3) is 4.78. The SMILES string of the molecule is CC(C)c1ccccc1-c1cc(Oc2ccccc2)nc(NS(=O)(=O)c2cnn(C)c2)n1. The van der Waals surface area contributed by atoms with Crippen molar-refractivity contribution >= 4 is 16.0 Å². The molecule has 0 saturated heterocycles. The van der Waals surface area contributed by atoms with E-state index in [9.17, 15) is 8.42 Å². The van der Waals surface area contributed by atoms with E-state index in [1.807, 2.05) is 42.5 Å². The van der Waals surface area contributed by atoms with Crippen molar-refractivity contribution in [2.45, 2.75) is 24.7 Å². The van der Waals surface area contributed by atoms with Crippen LogP contribution in [0.15, 0.2) is 78.0 Å². The Kier molecular flexibility index (Phi) is 5.91. The summed E-state index contributed by atoms with van der Waals surface area (Å²) in [6.07, 6.45) is 2.67. The average Bonchev–Trinajstić information content (AvgIpc) is 3.21. The Morgan fingerprint density at radius 1 is 1.00 bits per heavy atom. The van der Waals surface area contributed by atoms with E-state index >= 15 is 0 Å². The van der Waals surface area contributed by atoms with E-state index in [1.54, 1.807) is 25.2 Å². The summed E-state index contributed by atoms with van der Waals surface area (Å²) >= 11 is 0. The lowest BCUT2D eigenvalue weighted by Gasteiger charge is -2.14. The maximum absolute atomic E-state index is 12.8. The van der Waals surface area contributed by atoms with Crippen LogP contribution < -0.4 is 9.46 Å². The van der Waals surface area contributed by atoms with Crippen molar-refractivity contribution in [1.82, 2.24) is 19.7 Å². The smallest absolute Gasteiger partial charge is 0.267 e. The van der Waals surface area contributed by atoms with Crippen molar-refractivity contribution in [3.63, 3.8) is 0 Å². The number of anilines is 1. The molecule has 0 aliphatic carbocycles. The second kappa shape index (κ2) is 8.80. The van der Waals surface area contributed by atoms with Crippen LogP contribution >= 0.6 is 0 Å². The molecule has 164 valence electrons. The zero-order valence-corrected chi connectivity index (χ0v) is 18.7. The summed E-state index contributed by atoms with van der Waals surface area (Å²) < 4.78 is 35.4. The van der Waals surface area contributed by atoms with E-state index in [0.717, 1.165) is 11.1 Å². The summed E-state index contributed by atoms with van der Waals surface area (Å²) in [6, 6.07) is 18.7. The van der Waals surface area contributed by atoms with Gasteiger partial charge in [0.05, 0.1) is 11.9 Å². The minimum Gasteiger partial charge on any atom is -0.439 e. The zero-order chi connectivity index (χ0) is 22.7. The van der Waals surface area contributed by atoms with Gasteiger partial charge in [0.25, 0.3) is 10.0 Å². The number of nitrogens with one attached hydrogen (secondary N) is 1. The molecule has 0 atom stereocenters. The van der Waals surface area contributed by atoms with Gasteiger partial charge in [0.2, 0.25) is 11.8 Å². The Morgan fingerprint density at radius 2 is 1.72 bits per heavy atom. The monoisotopic (exact) mass is 449 g/mol. The number of benzene rings is 2. The van der Waals surface area contributed by atoms with Gasteiger partial charge in [-0.25, -0.2) is 18.1 Å². The Balaban J connectivity index is 1.79. The molecule has 0 unspecified atom stereocenters. The third-order valence-electron chi connectivity index (χ3n) is 4.74. The molecule has 2 aromatic carbocycles. The topological polar surface area (TPSA) is 99.0 Å². The molecule has 0 aliphatic heterocycles. The first-order valence-corrected chi connectivity index (χ1v) is 11.5. The molecule has 0 spiro atoms. The maximum atomic E-state index is 12.8. The Morgan fingerprint density at radius 3 is 2.41 bits per heavy atom. The van der Waals surface area contributed by atoms with Crippen molar-refractivity contribution in [3.8, 4) is 22.9 Å². The van der Waals surface area contributed by atoms with Crippen LogP contribution in [0.4, 0.5) is 5.95 Å². The Bertz CT molecular complexity index is 1330. The summed E-state index contributed by atoms with van der Waals surface area (Å²) in [4.78, 5) is 8.81. The summed E-state index contributed by atoms with van der Waals surface area (Å²) in [5, 5.41) is 3.93. The van der Waals surface area contributed by atoms with Crippen LogP contribution in [0.2, 0.25) is 0 Å². The number of nitrogens with zero attached hydrogens (tertiary/aromatic N) is 4. The second-order valence-corrected chi connectivity index (χ2v) is 9.21. The predicted octanol–water partition coefficient (Wildman–Crippen LogP) is 4.59. The molecule has 9 heteroatoms. The van der Waals surface area contributed by atoms with Crippen molar-refractivity contribution in [3.05, 3.63) is 78.6 Å². The first-order chi connectivity index (χ1) is 15.3. The number of hydrogen-bond donors (Lipinski definition) is 1. The van der Waals surface area contributed by atoms with Gasteiger partial charge in [0.15, 0.2) is 0 Å². The summed E-state index contributed by atoms with van der Waals surface area (Å²) in [5.41, 5.74) is 2.52. The van der Waals surface area contributed by atoms with Gasteiger partial charge in [-0.2, -0.15) is 10.1 Å². The molecule has 1 N–H and O–H groups in total. The van der Waals surface area contributed by atoms with E-state index in [0.29, 0.717) is 11.4 Å². The normalized spacial score (nSPS) is 11.5. The standard InChI is InChI=1S/C23H23N5O3S/c1-16(2)19-11-7-8-12-20(19)21-13-22(31-17-9-5-4-6-10-17)26-23(25-21)27-32(29,30)18-14-24-28(3)15-18/h4-16H,1-3H3,(H,25,26,27). The Labute approximate surface area is 187 Å². The minimum atomic E-state index is -3.92. The molecule has 32 heavy (non-hydrogen) atoms. The van der Waals surface area contributed by atoms with Crippen LogP contribution in [0.1, 0.15) is 25.3 Å². The lowest BCUT2D eigenvalue weighted by Crippen LogP contribution is -2.15. The second-order valence-electron chi connectivity index (χ2n) is 7.53. The fourth-order valence-electron chi connectivity index (χ4n) is 3.22. The first-order valence-electron chi connectivity index (χ1n) is 10.0. The molecule has 0 fully saturated rings. The van der Waals surface area contributed by atoms with Crippen molar-refractivity contribution in [2.24, 2.45) is 7.05 Å². The Hall–Kier alpha value is -3.72. The van der Waals surface area contributed by atoms with Crippen LogP contribution in [0, 0.1) is 0 Å².